The normalized spacial score (nSPS) is 14.2. The molecule has 44 heavy (non-hydrogen) atoms. The van der Waals surface area contributed by atoms with Crippen molar-refractivity contribution in [3.05, 3.63) is 94.4 Å². The fourth-order valence-corrected chi connectivity index (χ4v) is 5.60. The second-order valence-electron chi connectivity index (χ2n) is 9.92. The van der Waals surface area contributed by atoms with E-state index in [4.69, 9.17) is 23.2 Å². The first-order valence-corrected chi connectivity index (χ1v) is 14.0. The average molecular weight is 633 g/mol. The fourth-order valence-electron chi connectivity index (χ4n) is 5.15. The molecular formula is C29H22Cl2N8O5. The van der Waals surface area contributed by atoms with Gasteiger partial charge in [-0.25, -0.2) is 4.79 Å². The molecule has 0 aliphatic carbocycles. The molecule has 1 saturated heterocycles. The summed E-state index contributed by atoms with van der Waals surface area (Å²) < 4.78 is 1.36. The first-order chi connectivity index (χ1) is 21.2. The third-order valence-electron chi connectivity index (χ3n) is 7.24. The highest BCUT2D eigenvalue weighted by molar-refractivity contribution is 6.42. The standard InChI is InChI=1S/C29H22Cl2N8O5/c30-17-6-9-21(39-15-32-35-36-39)22(13-17)37-10-11-38(28(42)27(37)41)23(12-16-4-2-1-3-5-16)26(40)33-18-7-8-20-19(14-18)24(31)25(34-20)29(43)44/h1-9,13-15,23,34H,10-12H2,(H,33,40)(H,43,44). The summed E-state index contributed by atoms with van der Waals surface area (Å²) in [6.45, 7) is 0.114. The number of benzene rings is 3. The molecule has 0 radical (unpaired) electrons. The Bertz CT molecular complexity index is 1910. The van der Waals surface area contributed by atoms with Crippen molar-refractivity contribution in [1.82, 2.24) is 30.1 Å². The molecule has 1 aliphatic rings. The Morgan fingerprint density at radius 1 is 0.977 bits per heavy atom. The van der Waals surface area contributed by atoms with Crippen molar-refractivity contribution < 1.29 is 24.3 Å². The summed E-state index contributed by atoms with van der Waals surface area (Å²) in [5, 5.41) is 24.1. The van der Waals surface area contributed by atoms with Gasteiger partial charge in [0.1, 0.15) is 18.1 Å². The molecule has 0 saturated carbocycles. The number of nitrogens with zero attached hydrogens (tertiary/aromatic N) is 6. The molecule has 1 atom stereocenters. The minimum absolute atomic E-state index is 0.00314. The van der Waals surface area contributed by atoms with Crippen LogP contribution in [0.25, 0.3) is 16.6 Å². The van der Waals surface area contributed by atoms with E-state index in [1.54, 1.807) is 36.4 Å². The number of aromatic carboxylic acids is 1. The third-order valence-corrected chi connectivity index (χ3v) is 7.87. The van der Waals surface area contributed by atoms with Crippen LogP contribution in [0.15, 0.2) is 73.1 Å². The zero-order chi connectivity index (χ0) is 31.0. The van der Waals surface area contributed by atoms with Crippen LogP contribution in [0, 0.1) is 0 Å². The zero-order valence-electron chi connectivity index (χ0n) is 22.6. The number of amides is 3. The van der Waals surface area contributed by atoms with E-state index in [0.717, 1.165) is 5.56 Å². The van der Waals surface area contributed by atoms with Gasteiger partial charge in [-0.2, -0.15) is 4.68 Å². The van der Waals surface area contributed by atoms with E-state index in [-0.39, 0.29) is 30.2 Å². The largest absolute Gasteiger partial charge is 0.477 e. The number of aromatic nitrogens is 5. The lowest BCUT2D eigenvalue weighted by molar-refractivity contribution is -0.149. The predicted octanol–water partition coefficient (Wildman–Crippen LogP) is 3.57. The van der Waals surface area contributed by atoms with Gasteiger partial charge in [0.05, 0.1) is 16.4 Å². The van der Waals surface area contributed by atoms with Crippen molar-refractivity contribution in [2.45, 2.75) is 12.5 Å². The number of fused-ring (bicyclic) bond motifs is 1. The lowest BCUT2D eigenvalue weighted by atomic mass is 10.0. The summed E-state index contributed by atoms with van der Waals surface area (Å²) in [7, 11) is 0. The second kappa shape index (κ2) is 11.8. The van der Waals surface area contributed by atoms with Gasteiger partial charge in [-0.3, -0.25) is 14.4 Å². The number of hydrogen-bond acceptors (Lipinski definition) is 7. The van der Waals surface area contributed by atoms with Crippen molar-refractivity contribution in [2.75, 3.05) is 23.3 Å². The molecule has 1 unspecified atom stereocenters. The van der Waals surface area contributed by atoms with Crippen LogP contribution in [0.1, 0.15) is 16.1 Å². The number of anilines is 2. The van der Waals surface area contributed by atoms with Crippen molar-refractivity contribution >= 4 is 69.2 Å². The minimum atomic E-state index is -1.22. The summed E-state index contributed by atoms with van der Waals surface area (Å²) in [5.41, 5.74) is 2.20. The number of piperazine rings is 1. The van der Waals surface area contributed by atoms with Gasteiger partial charge in [-0.15, -0.1) is 5.10 Å². The number of carboxylic acids is 1. The molecule has 5 aromatic rings. The molecule has 1 aliphatic heterocycles. The number of H-pyrrole nitrogens is 1. The number of tetrazole rings is 1. The molecule has 3 aromatic carbocycles. The number of carbonyl (C=O) groups is 4. The Hall–Kier alpha value is -5.27. The lowest BCUT2D eigenvalue weighted by Gasteiger charge is -2.38. The van der Waals surface area contributed by atoms with E-state index in [1.165, 1.54) is 20.8 Å². The first-order valence-electron chi connectivity index (χ1n) is 13.3. The molecule has 3 N–H and O–H groups in total. The van der Waals surface area contributed by atoms with Crippen molar-refractivity contribution in [3.8, 4) is 5.69 Å². The van der Waals surface area contributed by atoms with E-state index >= 15 is 0 Å². The van der Waals surface area contributed by atoms with Gasteiger partial charge in [-0.05, 0) is 52.4 Å². The number of carbonyl (C=O) groups excluding carboxylic acids is 3. The van der Waals surface area contributed by atoms with Gasteiger partial charge in [0, 0.05) is 41.1 Å². The number of halogens is 2. The second-order valence-corrected chi connectivity index (χ2v) is 10.7. The van der Waals surface area contributed by atoms with Crippen LogP contribution in [0.4, 0.5) is 11.4 Å². The average Bonchev–Trinajstić information content (AvgIpc) is 3.66. The van der Waals surface area contributed by atoms with Crippen LogP contribution in [-0.4, -0.2) is 78.0 Å². The maximum absolute atomic E-state index is 13.8. The topological polar surface area (TPSA) is 166 Å². The van der Waals surface area contributed by atoms with Crippen molar-refractivity contribution in [3.63, 3.8) is 0 Å². The molecule has 3 amide bonds. The highest BCUT2D eigenvalue weighted by Crippen LogP contribution is 2.31. The fraction of sp³-hybridized carbons (Fsp3) is 0.138. The van der Waals surface area contributed by atoms with Crippen LogP contribution in [0.5, 0.6) is 0 Å². The highest BCUT2D eigenvalue weighted by Gasteiger charge is 2.40. The zero-order valence-corrected chi connectivity index (χ0v) is 24.2. The molecule has 0 spiro atoms. The Balaban J connectivity index is 1.29. The summed E-state index contributed by atoms with van der Waals surface area (Å²) in [5.74, 6) is -3.47. The van der Waals surface area contributed by atoms with Gasteiger partial charge >= 0.3 is 17.8 Å². The number of carboxylic acid groups (broad SMARTS) is 1. The molecule has 222 valence electrons. The van der Waals surface area contributed by atoms with E-state index in [1.807, 2.05) is 30.3 Å². The molecule has 0 bridgehead atoms. The van der Waals surface area contributed by atoms with E-state index in [0.29, 0.717) is 33.0 Å². The Morgan fingerprint density at radius 2 is 1.77 bits per heavy atom. The smallest absolute Gasteiger partial charge is 0.353 e. The Labute approximate surface area is 259 Å². The van der Waals surface area contributed by atoms with E-state index in [9.17, 15) is 24.3 Å². The summed E-state index contributed by atoms with van der Waals surface area (Å²) in [4.78, 5) is 57.8. The summed E-state index contributed by atoms with van der Waals surface area (Å²) in [6, 6.07) is 17.6. The molecular weight excluding hydrogens is 611 g/mol. The Morgan fingerprint density at radius 3 is 2.50 bits per heavy atom. The molecule has 15 heteroatoms. The lowest BCUT2D eigenvalue weighted by Crippen LogP contribution is -2.60. The van der Waals surface area contributed by atoms with Gasteiger partial charge in [0.2, 0.25) is 5.91 Å². The predicted molar refractivity (Wildman–Crippen MR) is 161 cm³/mol. The van der Waals surface area contributed by atoms with Gasteiger partial charge in [0.25, 0.3) is 0 Å². The number of hydrogen-bond donors (Lipinski definition) is 3. The van der Waals surface area contributed by atoms with E-state index in [2.05, 4.69) is 25.8 Å². The van der Waals surface area contributed by atoms with Crippen LogP contribution in [0.3, 0.4) is 0 Å². The van der Waals surface area contributed by atoms with Crippen molar-refractivity contribution in [2.24, 2.45) is 0 Å². The molecule has 13 nitrogen and oxygen atoms in total. The monoisotopic (exact) mass is 632 g/mol. The van der Waals surface area contributed by atoms with Gasteiger partial charge in [-0.1, -0.05) is 53.5 Å². The maximum Gasteiger partial charge on any atom is 0.353 e. The quantitative estimate of drug-likeness (QED) is 0.218. The Kier molecular flexibility index (Phi) is 7.72. The van der Waals surface area contributed by atoms with Crippen molar-refractivity contribution in [1.29, 1.82) is 0 Å². The van der Waals surface area contributed by atoms with E-state index < -0.39 is 29.7 Å². The van der Waals surface area contributed by atoms with Gasteiger partial charge in [0.15, 0.2) is 0 Å². The molecule has 6 rings (SSSR count). The highest BCUT2D eigenvalue weighted by atomic mass is 35.5. The molecule has 3 heterocycles. The summed E-state index contributed by atoms with van der Waals surface area (Å²) in [6.07, 6.45) is 1.49. The summed E-state index contributed by atoms with van der Waals surface area (Å²) >= 11 is 12.5. The minimum Gasteiger partial charge on any atom is -0.477 e. The van der Waals surface area contributed by atoms with Crippen LogP contribution < -0.4 is 10.2 Å². The first kappa shape index (κ1) is 28.8. The van der Waals surface area contributed by atoms with Gasteiger partial charge < -0.3 is 25.2 Å². The molecule has 2 aromatic heterocycles. The molecule has 1 fully saturated rings. The third kappa shape index (κ3) is 5.45. The number of aromatic amines is 1. The van der Waals surface area contributed by atoms with Crippen LogP contribution in [0.2, 0.25) is 10.0 Å². The number of rotatable bonds is 8. The SMILES string of the molecule is O=C(O)c1[nH]c2ccc(NC(=O)C(Cc3ccccc3)N3CCN(c4cc(Cl)ccc4-n4cnnn4)C(=O)C3=O)cc2c1Cl. The van der Waals surface area contributed by atoms with Crippen LogP contribution >= 0.6 is 23.2 Å². The maximum atomic E-state index is 13.8. The van der Waals surface area contributed by atoms with Crippen LogP contribution in [-0.2, 0) is 20.8 Å². The number of nitrogens with one attached hydrogen (secondary N) is 2.